The molecule has 0 spiro atoms. The Morgan fingerprint density at radius 3 is 2.33 bits per heavy atom. The quantitative estimate of drug-likeness (QED) is 0.655. The van der Waals surface area contributed by atoms with Gasteiger partial charge in [0.15, 0.2) is 0 Å². The molecule has 118 valence electrons. The minimum Gasteiger partial charge on any atom is -0.368 e. The first kappa shape index (κ1) is 17.4. The number of piperidine rings is 1. The molecule has 6 heteroatoms. The van der Waals surface area contributed by atoms with Gasteiger partial charge in [-0.25, -0.2) is 0 Å². The van der Waals surface area contributed by atoms with Gasteiger partial charge in [-0.3, -0.25) is 9.59 Å². The number of nitrogens with zero attached hydrogens (tertiary/aromatic N) is 1. The van der Waals surface area contributed by atoms with E-state index in [4.69, 9.17) is 11.0 Å². The predicted octanol–water partition coefficient (Wildman–Crippen LogP) is 0.532. The first-order valence-corrected chi connectivity index (χ1v) is 7.52. The van der Waals surface area contributed by atoms with Gasteiger partial charge >= 0.3 is 0 Å². The van der Waals surface area contributed by atoms with Crippen LogP contribution >= 0.6 is 0 Å². The van der Waals surface area contributed by atoms with E-state index in [0.29, 0.717) is 23.7 Å². The summed E-state index contributed by atoms with van der Waals surface area (Å²) in [6.07, 6.45) is 2.39. The molecule has 1 aliphatic carbocycles. The highest BCUT2D eigenvalue weighted by molar-refractivity contribution is 5.81. The van der Waals surface area contributed by atoms with Crippen LogP contribution in [-0.4, -0.2) is 30.9 Å². The van der Waals surface area contributed by atoms with E-state index in [1.165, 1.54) is 0 Å². The molecule has 0 aromatic heterocycles. The lowest BCUT2D eigenvalue weighted by atomic mass is 10.0. The molecule has 3 aliphatic rings. The Hall–Kier alpha value is -1.61. The first-order valence-electron chi connectivity index (χ1n) is 7.52. The molecular formula is C15H26N4O2. The molecule has 6 nitrogen and oxygen atoms in total. The van der Waals surface area contributed by atoms with Gasteiger partial charge in [-0.05, 0) is 30.2 Å². The molecule has 2 amide bonds. The molecule has 3 rings (SSSR count). The number of amides is 2. The van der Waals surface area contributed by atoms with Crippen molar-refractivity contribution in [2.24, 2.45) is 23.0 Å². The third-order valence-corrected chi connectivity index (χ3v) is 4.42. The molecule has 2 aliphatic heterocycles. The number of nitrogens with two attached hydrogens (primary N) is 1. The number of nitrogens with one attached hydrogen (secondary N) is 2. The Labute approximate surface area is 126 Å². The highest BCUT2D eigenvalue weighted by Crippen LogP contribution is 2.62. The van der Waals surface area contributed by atoms with Gasteiger partial charge in [0.2, 0.25) is 11.8 Å². The van der Waals surface area contributed by atoms with Crippen LogP contribution in [-0.2, 0) is 9.59 Å². The van der Waals surface area contributed by atoms with Crippen LogP contribution in [0.1, 0.15) is 40.0 Å². The van der Waals surface area contributed by atoms with Crippen LogP contribution in [0.3, 0.4) is 0 Å². The largest absolute Gasteiger partial charge is 0.368 e. The number of hydrogen-bond donors (Lipinski definition) is 3. The third kappa shape index (κ3) is 4.43. The molecule has 4 N–H and O–H groups in total. The second-order valence-electron chi connectivity index (χ2n) is 6.21. The Balaban J connectivity index is 0.000000187. The average molecular weight is 294 g/mol. The fourth-order valence-electron chi connectivity index (χ4n) is 3.06. The van der Waals surface area contributed by atoms with E-state index in [9.17, 15) is 9.59 Å². The molecular weight excluding hydrogens is 268 g/mol. The summed E-state index contributed by atoms with van der Waals surface area (Å²) in [4.78, 5) is 21.0. The second kappa shape index (κ2) is 7.41. The molecule has 21 heavy (non-hydrogen) atoms. The average Bonchev–Trinajstić information content (AvgIpc) is 2.92. The molecule has 0 bridgehead atoms. The van der Waals surface area contributed by atoms with Crippen molar-refractivity contribution >= 4 is 11.8 Å². The standard InChI is InChI=1S/C8H14N2O.C4H7NO.C3H5N/c1-8(2)4-3-10-6(5(4)8)7(9)11;6-4-2-1-3-5-4;1-2-3-4/h4-6,10H,3H2,1-2H3,(H2,9,11);1-3H2,(H,5,6);2H2,1H3. The van der Waals surface area contributed by atoms with E-state index >= 15 is 0 Å². The number of carbonyl (C=O) groups is 2. The van der Waals surface area contributed by atoms with E-state index in [1.54, 1.807) is 0 Å². The maximum Gasteiger partial charge on any atom is 0.234 e. The summed E-state index contributed by atoms with van der Waals surface area (Å²) >= 11 is 0. The van der Waals surface area contributed by atoms with Crippen LogP contribution < -0.4 is 16.4 Å². The molecule has 3 fully saturated rings. The highest BCUT2D eigenvalue weighted by atomic mass is 16.2. The van der Waals surface area contributed by atoms with Crippen LogP contribution in [0.15, 0.2) is 0 Å². The Morgan fingerprint density at radius 1 is 1.52 bits per heavy atom. The van der Waals surface area contributed by atoms with E-state index in [-0.39, 0.29) is 17.9 Å². The number of nitriles is 1. The molecule has 0 aromatic rings. The summed E-state index contributed by atoms with van der Waals surface area (Å²) in [5.74, 6) is 1.19. The number of rotatable bonds is 1. The molecule has 1 saturated carbocycles. The summed E-state index contributed by atoms with van der Waals surface area (Å²) < 4.78 is 0. The molecule has 2 heterocycles. The third-order valence-electron chi connectivity index (χ3n) is 4.42. The molecule has 0 aromatic carbocycles. The summed E-state index contributed by atoms with van der Waals surface area (Å²) in [6.45, 7) is 8.09. The van der Waals surface area contributed by atoms with Gasteiger partial charge in [0.25, 0.3) is 0 Å². The van der Waals surface area contributed by atoms with E-state index in [0.717, 1.165) is 25.9 Å². The monoisotopic (exact) mass is 294 g/mol. The lowest BCUT2D eigenvalue weighted by Gasteiger charge is -2.15. The van der Waals surface area contributed by atoms with Crippen LogP contribution in [0.4, 0.5) is 0 Å². The SMILES string of the molecule is CC1(C)C2CNC(C(N)=O)C21.CCC#N.O=C1CCCN1. The fourth-order valence-corrected chi connectivity index (χ4v) is 3.06. The summed E-state index contributed by atoms with van der Waals surface area (Å²) in [5.41, 5.74) is 5.59. The Bertz CT molecular complexity index is 420. The van der Waals surface area contributed by atoms with Gasteiger partial charge in [0, 0.05) is 19.4 Å². The maximum atomic E-state index is 10.9. The van der Waals surface area contributed by atoms with Gasteiger partial charge in [0.05, 0.1) is 12.1 Å². The van der Waals surface area contributed by atoms with Crippen molar-refractivity contribution in [2.45, 2.75) is 46.1 Å². The van der Waals surface area contributed by atoms with Crippen molar-refractivity contribution in [3.63, 3.8) is 0 Å². The van der Waals surface area contributed by atoms with Gasteiger partial charge < -0.3 is 16.4 Å². The lowest BCUT2D eigenvalue weighted by molar-refractivity contribution is -0.120. The topological polar surface area (TPSA) is 108 Å². The number of carbonyl (C=O) groups excluding carboxylic acids is 2. The van der Waals surface area contributed by atoms with Gasteiger partial charge in [0.1, 0.15) is 0 Å². The Morgan fingerprint density at radius 2 is 2.14 bits per heavy atom. The van der Waals surface area contributed by atoms with Crippen LogP contribution in [0.2, 0.25) is 0 Å². The van der Waals surface area contributed by atoms with Crippen LogP contribution in [0.25, 0.3) is 0 Å². The molecule has 3 unspecified atom stereocenters. The normalized spacial score (nSPS) is 30.6. The first-order chi connectivity index (χ1) is 9.86. The minimum absolute atomic E-state index is 0.0602. The zero-order valence-electron chi connectivity index (χ0n) is 13.1. The van der Waals surface area contributed by atoms with Crippen molar-refractivity contribution in [2.75, 3.05) is 13.1 Å². The molecule has 2 saturated heterocycles. The zero-order chi connectivity index (χ0) is 16.0. The maximum absolute atomic E-state index is 10.9. The minimum atomic E-state index is -0.192. The van der Waals surface area contributed by atoms with E-state index < -0.39 is 0 Å². The fraction of sp³-hybridized carbons (Fsp3) is 0.800. The number of hydrogen-bond acceptors (Lipinski definition) is 4. The predicted molar refractivity (Wildman–Crippen MR) is 79.9 cm³/mol. The zero-order valence-corrected chi connectivity index (χ0v) is 13.1. The highest BCUT2D eigenvalue weighted by Gasteiger charge is 2.65. The summed E-state index contributed by atoms with van der Waals surface area (Å²) in [7, 11) is 0. The van der Waals surface area contributed by atoms with Gasteiger partial charge in [-0.1, -0.05) is 20.8 Å². The van der Waals surface area contributed by atoms with Gasteiger partial charge in [-0.2, -0.15) is 5.26 Å². The van der Waals surface area contributed by atoms with Crippen molar-refractivity contribution in [1.29, 1.82) is 5.26 Å². The summed E-state index contributed by atoms with van der Waals surface area (Å²) in [6, 6.07) is 1.87. The van der Waals surface area contributed by atoms with E-state index in [1.807, 2.05) is 13.0 Å². The second-order valence-corrected chi connectivity index (χ2v) is 6.21. The smallest absolute Gasteiger partial charge is 0.234 e. The summed E-state index contributed by atoms with van der Waals surface area (Å²) in [5, 5.41) is 13.4. The van der Waals surface area contributed by atoms with Gasteiger partial charge in [-0.15, -0.1) is 0 Å². The van der Waals surface area contributed by atoms with E-state index in [2.05, 4.69) is 24.5 Å². The lowest BCUT2D eigenvalue weighted by Crippen LogP contribution is -2.41. The number of fused-ring (bicyclic) bond motifs is 1. The van der Waals surface area contributed by atoms with Crippen molar-refractivity contribution in [3.05, 3.63) is 0 Å². The van der Waals surface area contributed by atoms with Crippen LogP contribution in [0.5, 0.6) is 0 Å². The Kier molecular flexibility index (Phi) is 6.16. The van der Waals surface area contributed by atoms with Crippen molar-refractivity contribution < 1.29 is 9.59 Å². The molecule has 3 atom stereocenters. The van der Waals surface area contributed by atoms with Crippen LogP contribution in [0, 0.1) is 28.6 Å². The molecule has 0 radical (unpaired) electrons. The van der Waals surface area contributed by atoms with Crippen molar-refractivity contribution in [3.8, 4) is 6.07 Å². The van der Waals surface area contributed by atoms with Crippen molar-refractivity contribution in [1.82, 2.24) is 10.6 Å². The number of primary amides is 1.